The second-order valence-electron chi connectivity index (χ2n) is 17.3. The molecular weight excluding hydrogens is 855 g/mol. The average molecular weight is 905 g/mol. The summed E-state index contributed by atoms with van der Waals surface area (Å²) in [6.07, 6.45) is 3.88. The number of nitrogens with zero attached hydrogens (tertiary/aromatic N) is 8. The largest absolute Gasteiger partial charge is 0.487 e. The van der Waals surface area contributed by atoms with Crippen LogP contribution in [0, 0.1) is 12.7 Å². The predicted octanol–water partition coefficient (Wildman–Crippen LogP) is 7.50. The molecule has 5 aliphatic rings. The number of fused-ring (bicyclic) bond motifs is 8. The van der Waals surface area contributed by atoms with Crippen LogP contribution in [0.3, 0.4) is 0 Å². The zero-order chi connectivity index (χ0) is 43.9. The molecule has 0 spiro atoms. The molecule has 6 bridgehead atoms. The van der Waals surface area contributed by atoms with E-state index in [1.807, 2.05) is 25.1 Å². The van der Waals surface area contributed by atoms with Crippen molar-refractivity contribution in [1.29, 1.82) is 0 Å². The molecule has 0 amide bonds. The van der Waals surface area contributed by atoms with Crippen molar-refractivity contribution in [1.82, 2.24) is 34.6 Å². The summed E-state index contributed by atoms with van der Waals surface area (Å²) >= 11 is 8.80. The highest BCUT2D eigenvalue weighted by Crippen LogP contribution is 2.49. The number of anilines is 1. The molecule has 0 saturated carbocycles. The standard InChI is InChI=1S/C48H50ClFN8O5S/c1-29-38-11-6-32(43(29)49)24-57(20-19-56-17-15-55(2)16-18-56)23-30-3-12-39(62-25-35-13-14-51-48(54-35)58-36-9-10-37(58)27-61-26-36)33(21-30)22-40(47(59)60)63-45-42-41(38)44(64-46(42)53-28-52-45)31-4-7-34(50)8-5-31/h3-8,11-14,21,28,36-37,40H,9-10,15-20,22-27H2,1-2H3,(H,59,60)/t36-,37+,40-/m1/s1. The second kappa shape index (κ2) is 18.3. The van der Waals surface area contributed by atoms with Crippen LogP contribution in [0.25, 0.3) is 31.8 Å². The Morgan fingerprint density at radius 2 is 1.72 bits per heavy atom. The molecule has 8 heterocycles. The summed E-state index contributed by atoms with van der Waals surface area (Å²) in [5.41, 5.74) is 6.59. The summed E-state index contributed by atoms with van der Waals surface area (Å²) in [6, 6.07) is 18.8. The van der Waals surface area contributed by atoms with Gasteiger partial charge in [-0.05, 0) is 84.5 Å². The van der Waals surface area contributed by atoms with Crippen LogP contribution < -0.4 is 14.4 Å². The number of rotatable bonds is 9. The lowest BCUT2D eigenvalue weighted by Crippen LogP contribution is -2.46. The van der Waals surface area contributed by atoms with Gasteiger partial charge in [0.2, 0.25) is 17.9 Å². The van der Waals surface area contributed by atoms with Crippen molar-refractivity contribution in [2.45, 2.75) is 64.1 Å². The fraction of sp³-hybridized carbons (Fsp3) is 0.396. The van der Waals surface area contributed by atoms with Gasteiger partial charge in [0.1, 0.15) is 29.3 Å². The normalized spacial score (nSPS) is 20.8. The molecule has 16 heteroatoms. The number of hydrogen-bond acceptors (Lipinski definition) is 13. The number of hydrogen-bond donors (Lipinski definition) is 1. The number of morpholine rings is 1. The molecule has 3 fully saturated rings. The fourth-order valence-corrected chi connectivity index (χ4v) is 10.9. The van der Waals surface area contributed by atoms with Crippen LogP contribution in [0.4, 0.5) is 10.3 Å². The van der Waals surface area contributed by atoms with Crippen LogP contribution >= 0.6 is 22.9 Å². The van der Waals surface area contributed by atoms with Gasteiger partial charge in [0.15, 0.2) is 0 Å². The van der Waals surface area contributed by atoms with Gasteiger partial charge < -0.3 is 29.1 Å². The molecule has 0 unspecified atom stereocenters. The third-order valence-corrected chi connectivity index (χ3v) is 14.7. The monoisotopic (exact) mass is 904 g/mol. The van der Waals surface area contributed by atoms with E-state index in [2.05, 4.69) is 59.8 Å². The van der Waals surface area contributed by atoms with Gasteiger partial charge in [0.05, 0.1) is 36.4 Å². The van der Waals surface area contributed by atoms with Crippen molar-refractivity contribution in [3.63, 3.8) is 0 Å². The third kappa shape index (κ3) is 8.76. The lowest BCUT2D eigenvalue weighted by atomic mass is 9.94. The highest BCUT2D eigenvalue weighted by molar-refractivity contribution is 7.22. The summed E-state index contributed by atoms with van der Waals surface area (Å²) in [4.78, 5) is 43.0. The molecule has 5 aliphatic heterocycles. The first-order valence-corrected chi connectivity index (χ1v) is 23.1. The average Bonchev–Trinajstić information content (AvgIpc) is 3.80. The van der Waals surface area contributed by atoms with Crippen LogP contribution in [0.5, 0.6) is 11.6 Å². The Morgan fingerprint density at radius 3 is 2.50 bits per heavy atom. The number of benzene rings is 3. The van der Waals surface area contributed by atoms with Gasteiger partial charge in [-0.3, -0.25) is 9.80 Å². The third-order valence-electron chi connectivity index (χ3n) is 13.0. The highest BCUT2D eigenvalue weighted by Gasteiger charge is 2.39. The lowest BCUT2D eigenvalue weighted by molar-refractivity contribution is -0.145. The van der Waals surface area contributed by atoms with Crippen LogP contribution in [0.15, 0.2) is 73.2 Å². The van der Waals surface area contributed by atoms with E-state index in [9.17, 15) is 14.3 Å². The molecule has 6 aromatic rings. The number of carbonyl (C=O) groups is 1. The Hall–Kier alpha value is -5.29. The van der Waals surface area contributed by atoms with Crippen LogP contribution in [0.1, 0.15) is 40.8 Å². The van der Waals surface area contributed by atoms with Crippen LogP contribution in [-0.4, -0.2) is 123 Å². The smallest absolute Gasteiger partial charge is 0.345 e. The number of carboxylic acids is 1. The summed E-state index contributed by atoms with van der Waals surface area (Å²) < 4.78 is 33.2. The minimum atomic E-state index is -1.35. The highest BCUT2D eigenvalue weighted by atomic mass is 35.5. The Bertz CT molecular complexity index is 2660. The number of thiophene rings is 1. The van der Waals surface area contributed by atoms with Crippen molar-refractivity contribution in [2.75, 3.05) is 64.4 Å². The van der Waals surface area contributed by atoms with E-state index in [1.165, 1.54) is 29.8 Å². The molecule has 1 N–H and O–H groups in total. The molecule has 3 aromatic heterocycles. The van der Waals surface area contributed by atoms with Crippen molar-refractivity contribution >= 4 is 45.1 Å². The van der Waals surface area contributed by atoms with E-state index in [0.29, 0.717) is 64.5 Å². The van der Waals surface area contributed by atoms with Crippen molar-refractivity contribution < 1.29 is 28.5 Å². The van der Waals surface area contributed by atoms with Crippen LogP contribution in [0.2, 0.25) is 5.02 Å². The molecule has 0 radical (unpaired) electrons. The molecule has 3 atom stereocenters. The topological polar surface area (TPSA) is 130 Å². The molecule has 332 valence electrons. The van der Waals surface area contributed by atoms with Gasteiger partial charge in [0.25, 0.3) is 0 Å². The van der Waals surface area contributed by atoms with Gasteiger partial charge in [-0.25, -0.2) is 29.1 Å². The first-order valence-electron chi connectivity index (χ1n) is 21.9. The number of carboxylic acid groups (broad SMARTS) is 1. The zero-order valence-electron chi connectivity index (χ0n) is 35.9. The Labute approximate surface area is 380 Å². The van der Waals surface area contributed by atoms with Gasteiger partial charge >= 0.3 is 5.97 Å². The zero-order valence-corrected chi connectivity index (χ0v) is 37.5. The van der Waals surface area contributed by atoms with Crippen molar-refractivity contribution in [2.24, 2.45) is 0 Å². The van der Waals surface area contributed by atoms with E-state index in [1.54, 1.807) is 18.3 Å². The lowest BCUT2D eigenvalue weighted by Gasteiger charge is -2.34. The van der Waals surface area contributed by atoms with E-state index in [-0.39, 0.29) is 36.8 Å². The Morgan fingerprint density at radius 1 is 0.938 bits per heavy atom. The molecule has 3 saturated heterocycles. The fourth-order valence-electron chi connectivity index (χ4n) is 9.50. The molecule has 0 aliphatic carbocycles. The summed E-state index contributed by atoms with van der Waals surface area (Å²) in [5, 5.41) is 12.1. The summed E-state index contributed by atoms with van der Waals surface area (Å²) in [6.45, 7) is 10.4. The van der Waals surface area contributed by atoms with Crippen LogP contribution in [-0.2, 0) is 35.6 Å². The van der Waals surface area contributed by atoms with Crippen molar-refractivity contribution in [3.8, 4) is 33.2 Å². The first-order chi connectivity index (χ1) is 31.1. The Kier molecular flexibility index (Phi) is 12.2. The number of aliphatic carboxylic acids is 1. The number of aromatic nitrogens is 4. The second-order valence-corrected chi connectivity index (χ2v) is 18.7. The minimum absolute atomic E-state index is 0.0135. The van der Waals surface area contributed by atoms with Gasteiger partial charge in [-0.15, -0.1) is 11.3 Å². The maximum absolute atomic E-state index is 14.3. The minimum Gasteiger partial charge on any atom is -0.487 e. The van der Waals surface area contributed by atoms with Gasteiger partial charge in [0, 0.05) is 80.4 Å². The number of piperazine rings is 1. The molecule has 64 heavy (non-hydrogen) atoms. The predicted molar refractivity (Wildman–Crippen MR) is 245 cm³/mol. The maximum atomic E-state index is 14.3. The van der Waals surface area contributed by atoms with Gasteiger partial charge in [-0.1, -0.05) is 48.0 Å². The number of halogens is 2. The number of likely N-dealkylation sites (N-methyl/N-ethyl adjacent to an activating group) is 1. The molecule has 3 aromatic carbocycles. The number of ether oxygens (including phenoxy) is 3. The maximum Gasteiger partial charge on any atom is 0.345 e. The Balaban J connectivity index is 1.05. The molecular formula is C48H50ClFN8O5S. The van der Waals surface area contributed by atoms with E-state index < -0.39 is 12.1 Å². The molecule has 11 rings (SSSR count). The van der Waals surface area contributed by atoms with E-state index in [0.717, 1.165) is 90.4 Å². The summed E-state index contributed by atoms with van der Waals surface area (Å²) in [5.74, 6) is -0.171. The van der Waals surface area contributed by atoms with Gasteiger partial charge in [-0.2, -0.15) is 0 Å². The summed E-state index contributed by atoms with van der Waals surface area (Å²) in [7, 11) is 2.16. The quantitative estimate of drug-likeness (QED) is 0.154. The van der Waals surface area contributed by atoms with E-state index >= 15 is 0 Å². The SMILES string of the molecule is Cc1c2ccc(c1Cl)CN(CCN1CCN(C)CC1)Cc1ccc(OCc3ccnc(N4[C@@H]5CC[C@H]4COC5)n3)c(c1)C[C@H](C(=O)O)Oc1ncnc3sc(-c4ccc(F)cc4)c-2c13. The van der Waals surface area contributed by atoms with Crippen molar-refractivity contribution in [3.05, 3.63) is 112 Å². The molecule has 13 nitrogen and oxygen atoms in total. The first kappa shape index (κ1) is 42.6. The van der Waals surface area contributed by atoms with E-state index in [4.69, 9.17) is 30.8 Å².